The summed E-state index contributed by atoms with van der Waals surface area (Å²) in [4.78, 5) is 30.0. The number of hydrogen-bond acceptors (Lipinski definition) is 5. The third kappa shape index (κ3) is 4.89. The van der Waals surface area contributed by atoms with E-state index in [1.54, 1.807) is 13.0 Å². The van der Waals surface area contributed by atoms with Gasteiger partial charge in [-0.25, -0.2) is 9.59 Å². The Balaban J connectivity index is 1.57. The quantitative estimate of drug-likeness (QED) is 0.655. The van der Waals surface area contributed by atoms with Crippen molar-refractivity contribution in [3.8, 4) is 0 Å². The molecule has 2 amide bonds. The standard InChI is InChI=1S/C24H27ClN4O3/c1-2-32-23(30)21-20(26-24(31)27-22(21)18-10-6-7-11-19(18)25)16-28-12-14-29(15-13-28)17-8-4-3-5-9-17/h3-11,22H,2,12-16H2,1H3,(H2,26,27,31)/t22-/m1/s1. The van der Waals surface area contributed by atoms with Crippen LogP contribution in [0.3, 0.4) is 0 Å². The second kappa shape index (κ2) is 10.1. The van der Waals surface area contributed by atoms with Gasteiger partial charge in [-0.2, -0.15) is 0 Å². The van der Waals surface area contributed by atoms with E-state index in [0.29, 0.717) is 28.4 Å². The van der Waals surface area contributed by atoms with Gasteiger partial charge in [0.05, 0.1) is 18.2 Å². The number of carbonyl (C=O) groups is 2. The molecule has 2 aliphatic heterocycles. The molecule has 2 N–H and O–H groups in total. The summed E-state index contributed by atoms with van der Waals surface area (Å²) in [5.41, 5.74) is 2.82. The summed E-state index contributed by atoms with van der Waals surface area (Å²) in [6.07, 6.45) is 0. The number of urea groups is 1. The number of rotatable bonds is 6. The van der Waals surface area contributed by atoms with Gasteiger partial charge in [-0.3, -0.25) is 4.90 Å². The molecule has 0 radical (unpaired) electrons. The van der Waals surface area contributed by atoms with Crippen LogP contribution in [0.1, 0.15) is 18.5 Å². The number of para-hydroxylation sites is 1. The van der Waals surface area contributed by atoms with Crippen LogP contribution in [-0.2, 0) is 9.53 Å². The van der Waals surface area contributed by atoms with E-state index in [1.165, 1.54) is 5.69 Å². The summed E-state index contributed by atoms with van der Waals surface area (Å²) in [5, 5.41) is 6.17. The fourth-order valence-electron chi connectivity index (χ4n) is 4.16. The lowest BCUT2D eigenvalue weighted by Crippen LogP contribution is -2.51. The molecule has 2 aromatic rings. The van der Waals surface area contributed by atoms with E-state index in [9.17, 15) is 9.59 Å². The molecule has 7 nitrogen and oxygen atoms in total. The van der Waals surface area contributed by atoms with E-state index < -0.39 is 12.0 Å². The molecule has 0 unspecified atom stereocenters. The van der Waals surface area contributed by atoms with Crippen molar-refractivity contribution in [2.24, 2.45) is 0 Å². The number of esters is 1. The van der Waals surface area contributed by atoms with Gasteiger partial charge in [0, 0.05) is 49.1 Å². The lowest BCUT2D eigenvalue weighted by molar-refractivity contribution is -0.139. The second-order valence-electron chi connectivity index (χ2n) is 7.76. The fourth-order valence-corrected chi connectivity index (χ4v) is 4.41. The zero-order chi connectivity index (χ0) is 22.5. The third-order valence-electron chi connectivity index (χ3n) is 5.74. The minimum Gasteiger partial charge on any atom is -0.463 e. The van der Waals surface area contributed by atoms with Gasteiger partial charge < -0.3 is 20.3 Å². The highest BCUT2D eigenvalue weighted by Gasteiger charge is 2.35. The summed E-state index contributed by atoms with van der Waals surface area (Å²) < 4.78 is 5.34. The maximum Gasteiger partial charge on any atom is 0.338 e. The van der Waals surface area contributed by atoms with Gasteiger partial charge >= 0.3 is 12.0 Å². The van der Waals surface area contributed by atoms with E-state index in [4.69, 9.17) is 16.3 Å². The molecule has 168 valence electrons. The highest BCUT2D eigenvalue weighted by Crippen LogP contribution is 2.32. The zero-order valence-electron chi connectivity index (χ0n) is 18.0. The Bertz CT molecular complexity index is 1000. The van der Waals surface area contributed by atoms with Crippen LogP contribution in [0.15, 0.2) is 65.9 Å². The number of nitrogens with one attached hydrogen (secondary N) is 2. The SMILES string of the molecule is CCOC(=O)C1=C(CN2CCN(c3ccccc3)CC2)NC(=O)N[C@@H]1c1ccccc1Cl. The molecule has 0 aliphatic carbocycles. The maximum absolute atomic E-state index is 12.9. The summed E-state index contributed by atoms with van der Waals surface area (Å²) in [6, 6.07) is 16.5. The summed E-state index contributed by atoms with van der Waals surface area (Å²) in [7, 11) is 0. The van der Waals surface area contributed by atoms with Crippen molar-refractivity contribution < 1.29 is 14.3 Å². The normalized spacial score (nSPS) is 19.4. The number of ether oxygens (including phenoxy) is 1. The molecule has 2 aliphatic rings. The molecule has 1 fully saturated rings. The summed E-state index contributed by atoms with van der Waals surface area (Å²) in [6.45, 7) is 5.82. The number of amides is 2. The molecular formula is C24H27ClN4O3. The smallest absolute Gasteiger partial charge is 0.338 e. The van der Waals surface area contributed by atoms with Crippen molar-refractivity contribution >= 4 is 29.3 Å². The number of carbonyl (C=O) groups excluding carboxylic acids is 2. The molecule has 1 atom stereocenters. The van der Waals surface area contributed by atoms with Gasteiger partial charge in [-0.1, -0.05) is 48.0 Å². The van der Waals surface area contributed by atoms with E-state index in [-0.39, 0.29) is 12.6 Å². The predicted octanol–water partition coefficient (Wildman–Crippen LogP) is 3.33. The molecule has 0 bridgehead atoms. The minimum absolute atomic E-state index is 0.245. The van der Waals surface area contributed by atoms with Crippen molar-refractivity contribution in [2.75, 3.05) is 44.2 Å². The van der Waals surface area contributed by atoms with Gasteiger partial charge in [0.15, 0.2) is 0 Å². The Morgan fingerprint density at radius 2 is 1.75 bits per heavy atom. The van der Waals surface area contributed by atoms with Crippen LogP contribution in [0, 0.1) is 0 Å². The fraction of sp³-hybridized carbons (Fsp3) is 0.333. The Kier molecular flexibility index (Phi) is 6.97. The van der Waals surface area contributed by atoms with E-state index in [0.717, 1.165) is 26.2 Å². The van der Waals surface area contributed by atoms with Gasteiger partial charge in [0.1, 0.15) is 0 Å². The van der Waals surface area contributed by atoms with E-state index in [1.807, 2.05) is 36.4 Å². The van der Waals surface area contributed by atoms with Crippen LogP contribution < -0.4 is 15.5 Å². The lowest BCUT2D eigenvalue weighted by Gasteiger charge is -2.38. The molecule has 0 spiro atoms. The first-order valence-corrected chi connectivity index (χ1v) is 11.2. The molecule has 8 heteroatoms. The van der Waals surface area contributed by atoms with Crippen LogP contribution in [0.2, 0.25) is 5.02 Å². The number of piperazine rings is 1. The minimum atomic E-state index is -0.669. The number of benzene rings is 2. The maximum atomic E-state index is 12.9. The Hall–Kier alpha value is -3.03. The van der Waals surface area contributed by atoms with Crippen LogP contribution in [0.4, 0.5) is 10.5 Å². The monoisotopic (exact) mass is 454 g/mol. The molecule has 4 rings (SSSR count). The topological polar surface area (TPSA) is 73.9 Å². The van der Waals surface area contributed by atoms with Gasteiger partial charge in [0.2, 0.25) is 0 Å². The second-order valence-corrected chi connectivity index (χ2v) is 8.17. The molecule has 32 heavy (non-hydrogen) atoms. The molecule has 1 saturated heterocycles. The number of halogens is 1. The van der Waals surface area contributed by atoms with Crippen LogP contribution in [0.5, 0.6) is 0 Å². The Labute approximate surface area is 193 Å². The Morgan fingerprint density at radius 3 is 2.44 bits per heavy atom. The highest BCUT2D eigenvalue weighted by atomic mass is 35.5. The molecule has 2 aromatic carbocycles. The van der Waals surface area contributed by atoms with Crippen molar-refractivity contribution in [3.05, 3.63) is 76.5 Å². The molecule has 0 aromatic heterocycles. The van der Waals surface area contributed by atoms with Crippen molar-refractivity contribution in [3.63, 3.8) is 0 Å². The highest BCUT2D eigenvalue weighted by molar-refractivity contribution is 6.31. The van der Waals surface area contributed by atoms with Crippen LogP contribution in [-0.4, -0.2) is 56.2 Å². The van der Waals surface area contributed by atoms with Crippen molar-refractivity contribution in [1.82, 2.24) is 15.5 Å². The number of hydrogen-bond donors (Lipinski definition) is 2. The van der Waals surface area contributed by atoms with Crippen molar-refractivity contribution in [2.45, 2.75) is 13.0 Å². The van der Waals surface area contributed by atoms with Gasteiger partial charge in [-0.05, 0) is 30.7 Å². The number of anilines is 1. The molecule has 0 saturated carbocycles. The average molecular weight is 455 g/mol. The van der Waals surface area contributed by atoms with Crippen LogP contribution >= 0.6 is 11.6 Å². The summed E-state index contributed by atoms with van der Waals surface area (Å²) >= 11 is 6.40. The Morgan fingerprint density at radius 1 is 1.06 bits per heavy atom. The first-order chi connectivity index (χ1) is 15.6. The average Bonchev–Trinajstić information content (AvgIpc) is 2.80. The van der Waals surface area contributed by atoms with Crippen LogP contribution in [0.25, 0.3) is 0 Å². The third-order valence-corrected chi connectivity index (χ3v) is 6.08. The summed E-state index contributed by atoms with van der Waals surface area (Å²) in [5.74, 6) is -0.456. The molecular weight excluding hydrogens is 428 g/mol. The van der Waals surface area contributed by atoms with E-state index in [2.05, 4.69) is 32.6 Å². The van der Waals surface area contributed by atoms with Gasteiger partial charge in [-0.15, -0.1) is 0 Å². The van der Waals surface area contributed by atoms with Gasteiger partial charge in [0.25, 0.3) is 0 Å². The predicted molar refractivity (Wildman–Crippen MR) is 125 cm³/mol. The lowest BCUT2D eigenvalue weighted by atomic mass is 9.94. The number of nitrogens with zero attached hydrogens (tertiary/aromatic N) is 2. The molecule has 2 heterocycles. The first kappa shape index (κ1) is 22.2. The zero-order valence-corrected chi connectivity index (χ0v) is 18.8. The van der Waals surface area contributed by atoms with Crippen molar-refractivity contribution in [1.29, 1.82) is 0 Å². The first-order valence-electron chi connectivity index (χ1n) is 10.8. The van der Waals surface area contributed by atoms with E-state index >= 15 is 0 Å². The largest absolute Gasteiger partial charge is 0.463 e.